The van der Waals surface area contributed by atoms with Crippen LogP contribution in [0.2, 0.25) is 0 Å². The molecule has 1 rings (SSSR count). The van der Waals surface area contributed by atoms with Crippen molar-refractivity contribution in [3.8, 4) is 0 Å². The van der Waals surface area contributed by atoms with Crippen LogP contribution in [0.25, 0.3) is 0 Å². The van der Waals surface area contributed by atoms with Crippen molar-refractivity contribution in [3.63, 3.8) is 0 Å². The maximum Gasteiger partial charge on any atom is 0.419 e. The Balaban J connectivity index is 3.03. The van der Waals surface area contributed by atoms with Crippen LogP contribution in [0.4, 0.5) is 23.2 Å². The van der Waals surface area contributed by atoms with Crippen molar-refractivity contribution < 1.29 is 22.4 Å². The minimum Gasteiger partial charge on any atom is -0.325 e. The molecule has 1 aromatic rings. The van der Waals surface area contributed by atoms with E-state index >= 15 is 0 Å². The molecule has 0 aliphatic carbocycles. The van der Waals surface area contributed by atoms with E-state index in [1.807, 2.05) is 0 Å². The van der Waals surface area contributed by atoms with Crippen LogP contribution in [-0.2, 0) is 11.0 Å². The van der Waals surface area contributed by atoms with Gasteiger partial charge in [-0.1, -0.05) is 15.9 Å². The van der Waals surface area contributed by atoms with Gasteiger partial charge in [-0.05, 0) is 18.2 Å². The molecule has 0 aromatic heterocycles. The number of anilines is 1. The molecule has 0 fully saturated rings. The molecule has 1 aromatic carbocycles. The summed E-state index contributed by atoms with van der Waals surface area (Å²) in [5.41, 5.74) is -1.50. The molecule has 0 aliphatic heterocycles. The summed E-state index contributed by atoms with van der Waals surface area (Å²) in [5, 5.41) is 2.13. The molecular weight excluding hydrogens is 294 g/mol. The van der Waals surface area contributed by atoms with E-state index in [-0.39, 0.29) is 11.0 Å². The van der Waals surface area contributed by atoms with Crippen molar-refractivity contribution >= 4 is 27.5 Å². The average Bonchev–Trinajstić information content (AvgIpc) is 2.19. The highest BCUT2D eigenvalue weighted by molar-refractivity contribution is 9.09. The Labute approximate surface area is 96.8 Å². The van der Waals surface area contributed by atoms with E-state index in [4.69, 9.17) is 0 Å². The average molecular weight is 300 g/mol. The van der Waals surface area contributed by atoms with Gasteiger partial charge in [0.15, 0.2) is 0 Å². The van der Waals surface area contributed by atoms with Gasteiger partial charge in [0.2, 0.25) is 5.91 Å². The largest absolute Gasteiger partial charge is 0.419 e. The molecule has 0 radical (unpaired) electrons. The molecule has 0 unspecified atom stereocenters. The first-order valence-corrected chi connectivity index (χ1v) is 5.19. The molecule has 0 aliphatic rings. The highest BCUT2D eigenvalue weighted by Gasteiger charge is 2.34. The third kappa shape index (κ3) is 3.19. The summed E-state index contributed by atoms with van der Waals surface area (Å²) in [4.78, 5) is 10.9. The van der Waals surface area contributed by atoms with Crippen molar-refractivity contribution in [1.82, 2.24) is 0 Å². The van der Waals surface area contributed by atoms with Gasteiger partial charge in [-0.3, -0.25) is 4.79 Å². The van der Waals surface area contributed by atoms with Gasteiger partial charge in [0.1, 0.15) is 5.82 Å². The van der Waals surface area contributed by atoms with Gasteiger partial charge in [0.05, 0.1) is 10.9 Å². The van der Waals surface area contributed by atoms with Gasteiger partial charge in [-0.2, -0.15) is 13.2 Å². The maximum absolute atomic E-state index is 12.8. The maximum atomic E-state index is 12.8. The lowest BCUT2D eigenvalue weighted by Gasteiger charge is -2.10. The van der Waals surface area contributed by atoms with E-state index in [1.165, 1.54) is 0 Å². The van der Waals surface area contributed by atoms with Crippen molar-refractivity contribution in [1.29, 1.82) is 0 Å². The number of amides is 1. The van der Waals surface area contributed by atoms with Crippen molar-refractivity contribution in [2.75, 3.05) is 10.6 Å². The molecule has 2 nitrogen and oxygen atoms in total. The fraction of sp³-hybridized carbons (Fsp3) is 0.222. The summed E-state index contributed by atoms with van der Waals surface area (Å²) in [6.45, 7) is 0. The van der Waals surface area contributed by atoms with E-state index in [1.54, 1.807) is 0 Å². The Morgan fingerprint density at radius 2 is 2.00 bits per heavy atom. The monoisotopic (exact) mass is 299 g/mol. The minimum absolute atomic E-state index is 0.0499. The number of alkyl halides is 4. The standard InChI is InChI=1S/C9H6BrF4NO/c10-4-8(16)15-5-1-2-7(11)6(3-5)9(12,13)14/h1-3H,4H2,(H,15,16). The number of carbonyl (C=O) groups is 1. The second-order valence-corrected chi connectivity index (χ2v) is 3.43. The van der Waals surface area contributed by atoms with E-state index < -0.39 is 23.5 Å². The molecule has 7 heteroatoms. The van der Waals surface area contributed by atoms with Gasteiger partial charge in [0, 0.05) is 5.69 Å². The van der Waals surface area contributed by atoms with Crippen molar-refractivity contribution in [2.45, 2.75) is 6.18 Å². The molecule has 1 N–H and O–H groups in total. The fourth-order valence-corrected chi connectivity index (χ4v) is 1.15. The first-order chi connectivity index (χ1) is 7.34. The zero-order valence-electron chi connectivity index (χ0n) is 7.74. The molecule has 0 heterocycles. The van der Waals surface area contributed by atoms with Gasteiger partial charge in [-0.25, -0.2) is 4.39 Å². The Morgan fingerprint density at radius 1 is 1.38 bits per heavy atom. The molecule has 0 saturated heterocycles. The number of hydrogen-bond acceptors (Lipinski definition) is 1. The summed E-state index contributed by atoms with van der Waals surface area (Å²) in [7, 11) is 0. The number of benzene rings is 1. The van der Waals surface area contributed by atoms with Crippen LogP contribution < -0.4 is 5.32 Å². The van der Waals surface area contributed by atoms with E-state index in [0.717, 1.165) is 6.07 Å². The molecule has 1 amide bonds. The fourth-order valence-electron chi connectivity index (χ4n) is 1.01. The normalized spacial score (nSPS) is 11.3. The Kier molecular flexibility index (Phi) is 3.90. The summed E-state index contributed by atoms with van der Waals surface area (Å²) in [5.74, 6) is -1.89. The first-order valence-electron chi connectivity index (χ1n) is 4.07. The zero-order chi connectivity index (χ0) is 12.3. The predicted octanol–water partition coefficient (Wildman–Crippen LogP) is 3.18. The third-order valence-electron chi connectivity index (χ3n) is 1.68. The van der Waals surface area contributed by atoms with Crippen molar-refractivity contribution in [2.24, 2.45) is 0 Å². The molecule has 88 valence electrons. The SMILES string of the molecule is O=C(CBr)Nc1ccc(F)c(C(F)(F)F)c1. The minimum atomic E-state index is -4.78. The van der Waals surface area contributed by atoms with E-state index in [2.05, 4.69) is 21.2 Å². The Morgan fingerprint density at radius 3 is 2.50 bits per heavy atom. The number of halogens is 5. The van der Waals surface area contributed by atoms with E-state index in [9.17, 15) is 22.4 Å². The Hall–Kier alpha value is -1.11. The highest BCUT2D eigenvalue weighted by Crippen LogP contribution is 2.32. The van der Waals surface area contributed by atoms with Crippen molar-refractivity contribution in [3.05, 3.63) is 29.6 Å². The topological polar surface area (TPSA) is 29.1 Å². The van der Waals surface area contributed by atoms with Crippen LogP contribution in [0.15, 0.2) is 18.2 Å². The predicted molar refractivity (Wildman–Crippen MR) is 53.8 cm³/mol. The molecule has 0 saturated carbocycles. The number of rotatable bonds is 2. The number of carbonyl (C=O) groups excluding carboxylic acids is 1. The molecule has 0 atom stereocenters. The zero-order valence-corrected chi connectivity index (χ0v) is 9.32. The summed E-state index contributed by atoms with van der Waals surface area (Å²) >= 11 is 2.84. The van der Waals surface area contributed by atoms with Crippen LogP contribution in [0.1, 0.15) is 5.56 Å². The van der Waals surface area contributed by atoms with Crippen LogP contribution in [-0.4, -0.2) is 11.2 Å². The molecule has 0 bridgehead atoms. The first kappa shape index (κ1) is 13.0. The number of nitrogens with one attached hydrogen (secondary N) is 1. The summed E-state index contributed by atoms with van der Waals surface area (Å²) < 4.78 is 49.7. The van der Waals surface area contributed by atoms with Gasteiger partial charge in [0.25, 0.3) is 0 Å². The summed E-state index contributed by atoms with van der Waals surface area (Å²) in [6.07, 6.45) is -4.78. The second kappa shape index (κ2) is 4.82. The lowest BCUT2D eigenvalue weighted by molar-refractivity contribution is -0.140. The molecule has 0 spiro atoms. The van der Waals surface area contributed by atoms with E-state index in [0.29, 0.717) is 12.1 Å². The smallest absolute Gasteiger partial charge is 0.325 e. The second-order valence-electron chi connectivity index (χ2n) is 2.87. The van der Waals surface area contributed by atoms with Crippen LogP contribution in [0, 0.1) is 5.82 Å². The van der Waals surface area contributed by atoms with Crippen LogP contribution >= 0.6 is 15.9 Å². The van der Waals surface area contributed by atoms with Crippen LogP contribution in [0.5, 0.6) is 0 Å². The molecule has 16 heavy (non-hydrogen) atoms. The lowest BCUT2D eigenvalue weighted by atomic mass is 10.2. The lowest BCUT2D eigenvalue weighted by Crippen LogP contribution is -2.14. The van der Waals surface area contributed by atoms with Gasteiger partial charge in [-0.15, -0.1) is 0 Å². The molecular formula is C9H6BrF4NO. The third-order valence-corrected chi connectivity index (χ3v) is 2.19. The quantitative estimate of drug-likeness (QED) is 0.659. The number of hydrogen-bond donors (Lipinski definition) is 1. The Bertz CT molecular complexity index is 405. The van der Waals surface area contributed by atoms with Gasteiger partial charge < -0.3 is 5.32 Å². The highest BCUT2D eigenvalue weighted by atomic mass is 79.9. The summed E-state index contributed by atoms with van der Waals surface area (Å²) in [6, 6.07) is 2.27. The van der Waals surface area contributed by atoms with Crippen LogP contribution in [0.3, 0.4) is 0 Å². The van der Waals surface area contributed by atoms with Gasteiger partial charge >= 0.3 is 6.18 Å².